The van der Waals surface area contributed by atoms with Crippen LogP contribution in [0.15, 0.2) is 42.5 Å². The van der Waals surface area contributed by atoms with Crippen molar-refractivity contribution < 1.29 is 9.53 Å². The molecule has 26 heavy (non-hydrogen) atoms. The molecule has 0 spiro atoms. The molecule has 1 saturated heterocycles. The van der Waals surface area contributed by atoms with Crippen molar-refractivity contribution in [2.75, 3.05) is 30.7 Å². The van der Waals surface area contributed by atoms with Crippen LogP contribution in [0.5, 0.6) is 0 Å². The lowest BCUT2D eigenvalue weighted by molar-refractivity contribution is -0.119. The average molecular weight is 352 g/mol. The van der Waals surface area contributed by atoms with Gasteiger partial charge in [-0.3, -0.25) is 4.79 Å². The Morgan fingerprint density at radius 3 is 2.58 bits per heavy atom. The number of benzene rings is 2. The third kappa shape index (κ3) is 4.40. The highest BCUT2D eigenvalue weighted by Gasteiger charge is 2.22. The Morgan fingerprint density at radius 2 is 1.85 bits per heavy atom. The molecule has 0 radical (unpaired) electrons. The number of fused-ring (bicyclic) bond motifs is 2. The number of hydrogen-bond donors (Lipinski definition) is 3. The Hall–Kier alpha value is -2.86. The van der Waals surface area contributed by atoms with Gasteiger partial charge in [0.05, 0.1) is 30.3 Å². The summed E-state index contributed by atoms with van der Waals surface area (Å²) in [6.45, 7) is 5.54. The maximum atomic E-state index is 11.8. The molecule has 2 heterocycles. The summed E-state index contributed by atoms with van der Waals surface area (Å²) in [4.78, 5) is 16.4. The number of rotatable bonds is 5. The number of nitrogens with zero attached hydrogens (tertiary/aromatic N) is 1. The van der Waals surface area contributed by atoms with E-state index in [9.17, 15) is 4.79 Å². The van der Waals surface area contributed by atoms with Crippen LogP contribution < -0.4 is 16.4 Å². The molecule has 0 aliphatic carbocycles. The normalized spacial score (nSPS) is 15.2. The first-order valence-electron chi connectivity index (χ1n) is 8.89. The first kappa shape index (κ1) is 17.9. The second kappa shape index (κ2) is 8.01. The lowest BCUT2D eigenvalue weighted by Gasteiger charge is -2.08. The van der Waals surface area contributed by atoms with E-state index in [0.717, 1.165) is 34.1 Å². The van der Waals surface area contributed by atoms with Crippen LogP contribution in [0.2, 0.25) is 0 Å². The van der Waals surface area contributed by atoms with Crippen LogP contribution in [0.1, 0.15) is 13.8 Å². The summed E-state index contributed by atoms with van der Waals surface area (Å²) in [6.07, 6.45) is 0.194. The molecule has 0 bridgehead atoms. The molecule has 3 aromatic rings. The standard InChI is InChI=1S/C18H18N4O2.C2H6/c19-13-3-1-11-5-12-2-4-14(7-17(12)22-16(11)6-13)20-9-18(23)21-8-15-10-24-15;1-2/h1-7,15,20H,8-10,19H2,(H,21,23);1-2H3. The van der Waals surface area contributed by atoms with E-state index in [0.29, 0.717) is 12.2 Å². The molecule has 1 amide bonds. The Balaban J connectivity index is 0.000000948. The quantitative estimate of drug-likeness (QED) is 0.373. The maximum Gasteiger partial charge on any atom is 0.239 e. The SMILES string of the molecule is CC.Nc1ccc2cc3ccc(NCC(=O)NCC4CO4)cc3nc2c1. The van der Waals surface area contributed by atoms with Gasteiger partial charge in [-0.1, -0.05) is 26.0 Å². The van der Waals surface area contributed by atoms with E-state index in [1.165, 1.54) is 0 Å². The van der Waals surface area contributed by atoms with Crippen LogP contribution >= 0.6 is 0 Å². The van der Waals surface area contributed by atoms with Crippen molar-refractivity contribution in [1.29, 1.82) is 0 Å². The fraction of sp³-hybridized carbons (Fsp3) is 0.300. The summed E-state index contributed by atoms with van der Waals surface area (Å²) >= 11 is 0. The monoisotopic (exact) mass is 352 g/mol. The number of amides is 1. The zero-order valence-electron chi connectivity index (χ0n) is 15.1. The van der Waals surface area contributed by atoms with E-state index in [1.54, 1.807) is 0 Å². The van der Waals surface area contributed by atoms with Gasteiger partial charge in [0.25, 0.3) is 0 Å². The molecular formula is C20H24N4O2. The number of ether oxygens (including phenoxy) is 1. The Morgan fingerprint density at radius 1 is 1.15 bits per heavy atom. The van der Waals surface area contributed by atoms with Gasteiger partial charge in [-0.05, 0) is 30.3 Å². The van der Waals surface area contributed by atoms with Crippen molar-refractivity contribution >= 4 is 39.1 Å². The van der Waals surface area contributed by atoms with Crippen molar-refractivity contribution in [3.8, 4) is 0 Å². The molecule has 1 atom stereocenters. The second-order valence-electron chi connectivity index (χ2n) is 5.96. The van der Waals surface area contributed by atoms with Crippen LogP contribution in [-0.2, 0) is 9.53 Å². The number of carbonyl (C=O) groups excluding carboxylic acids is 1. The van der Waals surface area contributed by atoms with E-state index in [-0.39, 0.29) is 18.6 Å². The van der Waals surface area contributed by atoms with Gasteiger partial charge in [0.2, 0.25) is 5.91 Å². The molecule has 0 saturated carbocycles. The Labute approximate surface area is 152 Å². The van der Waals surface area contributed by atoms with E-state index in [1.807, 2.05) is 50.2 Å². The minimum absolute atomic E-state index is 0.0511. The zero-order chi connectivity index (χ0) is 18.5. The molecule has 1 aliphatic rings. The number of pyridine rings is 1. The predicted molar refractivity (Wildman–Crippen MR) is 106 cm³/mol. The predicted octanol–water partition coefficient (Wildman–Crippen LogP) is 2.92. The first-order valence-corrected chi connectivity index (χ1v) is 8.89. The highest BCUT2D eigenvalue weighted by molar-refractivity contribution is 5.95. The molecule has 136 valence electrons. The van der Waals surface area contributed by atoms with Crippen LogP contribution in [0, 0.1) is 0 Å². The summed E-state index contributed by atoms with van der Waals surface area (Å²) in [7, 11) is 0. The fourth-order valence-corrected chi connectivity index (χ4v) is 2.61. The summed E-state index contributed by atoms with van der Waals surface area (Å²) < 4.78 is 5.06. The summed E-state index contributed by atoms with van der Waals surface area (Å²) in [5.41, 5.74) is 9.11. The molecular weight excluding hydrogens is 328 g/mol. The largest absolute Gasteiger partial charge is 0.399 e. The molecule has 4 rings (SSSR count). The minimum atomic E-state index is -0.0511. The van der Waals surface area contributed by atoms with Crippen molar-refractivity contribution in [3.05, 3.63) is 42.5 Å². The number of carbonyl (C=O) groups is 1. The third-order valence-electron chi connectivity index (χ3n) is 4.02. The number of aromatic nitrogens is 1. The smallest absolute Gasteiger partial charge is 0.239 e. The highest BCUT2D eigenvalue weighted by atomic mass is 16.6. The maximum absolute atomic E-state index is 11.8. The summed E-state index contributed by atoms with van der Waals surface area (Å²) in [6, 6.07) is 13.7. The number of nitrogens with two attached hydrogens (primary N) is 1. The first-order chi connectivity index (χ1) is 12.7. The fourth-order valence-electron chi connectivity index (χ4n) is 2.61. The second-order valence-corrected chi connectivity index (χ2v) is 5.96. The molecule has 2 aromatic carbocycles. The summed E-state index contributed by atoms with van der Waals surface area (Å²) in [5.74, 6) is -0.0511. The van der Waals surface area contributed by atoms with E-state index in [2.05, 4.69) is 21.7 Å². The van der Waals surface area contributed by atoms with Gasteiger partial charge in [-0.15, -0.1) is 0 Å². The van der Waals surface area contributed by atoms with Crippen LogP contribution in [0.4, 0.5) is 11.4 Å². The van der Waals surface area contributed by atoms with Crippen LogP contribution in [0.25, 0.3) is 21.8 Å². The van der Waals surface area contributed by atoms with Gasteiger partial charge in [-0.25, -0.2) is 4.98 Å². The Kier molecular flexibility index (Phi) is 5.53. The molecule has 1 aromatic heterocycles. The number of hydrogen-bond acceptors (Lipinski definition) is 5. The molecule has 6 heteroatoms. The van der Waals surface area contributed by atoms with E-state index in [4.69, 9.17) is 10.5 Å². The van der Waals surface area contributed by atoms with Crippen molar-refractivity contribution in [2.24, 2.45) is 0 Å². The third-order valence-corrected chi connectivity index (χ3v) is 4.02. The van der Waals surface area contributed by atoms with Crippen LogP contribution in [-0.4, -0.2) is 36.7 Å². The van der Waals surface area contributed by atoms with Gasteiger partial charge in [0, 0.05) is 28.7 Å². The molecule has 4 N–H and O–H groups in total. The number of nitrogens with one attached hydrogen (secondary N) is 2. The molecule has 1 unspecified atom stereocenters. The van der Waals surface area contributed by atoms with Gasteiger partial charge < -0.3 is 21.1 Å². The van der Waals surface area contributed by atoms with Crippen molar-refractivity contribution in [3.63, 3.8) is 0 Å². The number of epoxide rings is 1. The number of nitrogen functional groups attached to an aromatic ring is 1. The molecule has 1 aliphatic heterocycles. The van der Waals surface area contributed by atoms with Crippen LogP contribution in [0.3, 0.4) is 0 Å². The minimum Gasteiger partial charge on any atom is -0.399 e. The van der Waals surface area contributed by atoms with E-state index >= 15 is 0 Å². The van der Waals surface area contributed by atoms with Gasteiger partial charge >= 0.3 is 0 Å². The number of anilines is 2. The average Bonchev–Trinajstić information content (AvgIpc) is 3.49. The lowest BCUT2D eigenvalue weighted by atomic mass is 10.1. The Bertz CT molecular complexity index is 922. The topological polar surface area (TPSA) is 92.6 Å². The molecule has 6 nitrogen and oxygen atoms in total. The zero-order valence-corrected chi connectivity index (χ0v) is 15.1. The van der Waals surface area contributed by atoms with Gasteiger partial charge in [0.15, 0.2) is 0 Å². The lowest BCUT2D eigenvalue weighted by Crippen LogP contribution is -2.32. The highest BCUT2D eigenvalue weighted by Crippen LogP contribution is 2.23. The van der Waals surface area contributed by atoms with Crippen molar-refractivity contribution in [1.82, 2.24) is 10.3 Å². The molecule has 1 fully saturated rings. The summed E-state index contributed by atoms with van der Waals surface area (Å²) in [5, 5.41) is 8.05. The van der Waals surface area contributed by atoms with Gasteiger partial charge in [-0.2, -0.15) is 0 Å². The van der Waals surface area contributed by atoms with Gasteiger partial charge in [0.1, 0.15) is 0 Å². The van der Waals surface area contributed by atoms with Crippen molar-refractivity contribution in [2.45, 2.75) is 20.0 Å². The van der Waals surface area contributed by atoms with E-state index < -0.39 is 0 Å².